The Hall–Kier alpha value is -1.66. The van der Waals surface area contributed by atoms with Crippen LogP contribution in [0.5, 0.6) is 0 Å². The quantitative estimate of drug-likeness (QED) is 0.327. The number of allylic oxidation sites excluding steroid dienone is 7. The van der Waals surface area contributed by atoms with Crippen molar-refractivity contribution in [3.05, 3.63) is 59.3 Å². The van der Waals surface area contributed by atoms with E-state index >= 15 is 0 Å². The van der Waals surface area contributed by atoms with E-state index in [0.717, 1.165) is 57.1 Å². The lowest BCUT2D eigenvalue weighted by molar-refractivity contribution is -0.232. The highest BCUT2D eigenvalue weighted by Crippen LogP contribution is 2.67. The summed E-state index contributed by atoms with van der Waals surface area (Å²) in [6.45, 7) is 6.95. The Morgan fingerprint density at radius 3 is 2.56 bits per heavy atom. The van der Waals surface area contributed by atoms with Crippen molar-refractivity contribution < 1.29 is 27.8 Å². The van der Waals surface area contributed by atoms with Gasteiger partial charge in [-0.1, -0.05) is 49.0 Å². The molecule has 4 rings (SSSR count). The number of hydrogen-bond acceptors (Lipinski definition) is 2. The van der Waals surface area contributed by atoms with Gasteiger partial charge >= 0.3 is 6.18 Å². The van der Waals surface area contributed by atoms with Gasteiger partial charge in [0.25, 0.3) is 0 Å². The first-order valence-electron chi connectivity index (χ1n) is 12.4. The summed E-state index contributed by atoms with van der Waals surface area (Å²) in [6.07, 6.45) is 9.07. The SMILES string of the molecule is C=C1/C(=C\C=C2/CCCC3(C)C(C4(C/C=C\C(C)(O)C(F)(F)F)CC4)=CC[C@@H]23)C[C@@H](O)CC1F. The van der Waals surface area contributed by atoms with E-state index in [-0.39, 0.29) is 17.3 Å². The van der Waals surface area contributed by atoms with E-state index in [1.54, 1.807) is 0 Å². The molecule has 0 aromatic heterocycles. The molecule has 0 saturated heterocycles. The molecule has 34 heavy (non-hydrogen) atoms. The lowest BCUT2D eigenvalue weighted by Gasteiger charge is -2.43. The van der Waals surface area contributed by atoms with Crippen LogP contribution in [0.15, 0.2) is 59.3 Å². The van der Waals surface area contributed by atoms with Crippen molar-refractivity contribution in [3.8, 4) is 0 Å². The van der Waals surface area contributed by atoms with Crippen molar-refractivity contribution in [2.24, 2.45) is 16.7 Å². The average Bonchev–Trinajstić information content (AvgIpc) is 3.41. The monoisotopic (exact) mass is 480 g/mol. The Bertz CT molecular complexity index is 948. The van der Waals surface area contributed by atoms with Crippen molar-refractivity contribution in [2.75, 3.05) is 0 Å². The largest absolute Gasteiger partial charge is 0.420 e. The third-order valence-electron chi connectivity index (χ3n) is 8.72. The maximum Gasteiger partial charge on any atom is 0.420 e. The van der Waals surface area contributed by atoms with Crippen molar-refractivity contribution in [1.29, 1.82) is 0 Å². The zero-order valence-electron chi connectivity index (χ0n) is 20.1. The predicted octanol–water partition coefficient (Wildman–Crippen LogP) is 7.06. The molecule has 4 aliphatic rings. The summed E-state index contributed by atoms with van der Waals surface area (Å²) in [7, 11) is 0. The van der Waals surface area contributed by atoms with Crippen LogP contribution in [0.4, 0.5) is 17.6 Å². The molecule has 2 nitrogen and oxygen atoms in total. The number of alkyl halides is 4. The van der Waals surface area contributed by atoms with Crippen molar-refractivity contribution >= 4 is 0 Å². The highest BCUT2D eigenvalue weighted by Gasteiger charge is 2.56. The Labute approximate surface area is 199 Å². The summed E-state index contributed by atoms with van der Waals surface area (Å²) >= 11 is 0. The maximum atomic E-state index is 14.1. The summed E-state index contributed by atoms with van der Waals surface area (Å²) in [5.74, 6) is 0.329. The first-order valence-corrected chi connectivity index (χ1v) is 12.4. The molecule has 0 amide bonds. The second kappa shape index (κ2) is 8.77. The molecular weight excluding hydrogens is 444 g/mol. The third kappa shape index (κ3) is 4.60. The summed E-state index contributed by atoms with van der Waals surface area (Å²) in [5.41, 5.74) is 0.963. The van der Waals surface area contributed by atoms with Crippen LogP contribution in [0.2, 0.25) is 0 Å². The normalized spacial score (nSPS) is 37.7. The zero-order chi connectivity index (χ0) is 24.9. The van der Waals surface area contributed by atoms with Gasteiger partial charge in [-0.25, -0.2) is 4.39 Å². The minimum atomic E-state index is -4.69. The molecule has 6 heteroatoms. The molecule has 3 unspecified atom stereocenters. The van der Waals surface area contributed by atoms with Gasteiger partial charge in [-0.05, 0) is 92.3 Å². The van der Waals surface area contributed by atoms with Crippen LogP contribution in [-0.4, -0.2) is 34.3 Å². The molecular formula is C28H36F4O2. The van der Waals surface area contributed by atoms with Crippen molar-refractivity contribution in [3.63, 3.8) is 0 Å². The second-order valence-corrected chi connectivity index (χ2v) is 11.2. The molecule has 0 radical (unpaired) electrons. The molecule has 5 atom stereocenters. The maximum absolute atomic E-state index is 14.1. The van der Waals surface area contributed by atoms with Gasteiger partial charge in [0.2, 0.25) is 0 Å². The first kappa shape index (κ1) is 25.4. The molecule has 0 aromatic rings. The fourth-order valence-corrected chi connectivity index (χ4v) is 6.42. The minimum Gasteiger partial charge on any atom is -0.393 e. The zero-order valence-corrected chi connectivity index (χ0v) is 20.1. The van der Waals surface area contributed by atoms with Gasteiger partial charge in [-0.3, -0.25) is 0 Å². The standard InChI is InChI=1S/C28H36F4O2/c1-18-20(16-21(33)17-23(18)29)8-7-19-6-4-11-25(2)22(19)9-10-24(25)27(14-15-27)13-5-12-26(3,34)28(30,31)32/h5,7-8,10,12,21-23,33-34H,1,4,6,9,11,13-17H2,2-3H3/b12-5-,19-7+,20-8-/t21-,22+,23?,25?,26?/m1/s1. The number of aliphatic hydroxyl groups is 2. The van der Waals surface area contributed by atoms with Crippen molar-refractivity contribution in [2.45, 2.75) is 95.7 Å². The summed E-state index contributed by atoms with van der Waals surface area (Å²) in [6, 6.07) is 0. The van der Waals surface area contributed by atoms with Crippen LogP contribution in [0, 0.1) is 16.7 Å². The van der Waals surface area contributed by atoms with E-state index < -0.39 is 24.1 Å². The average molecular weight is 481 g/mol. The minimum absolute atomic E-state index is 0.0365. The van der Waals surface area contributed by atoms with Crippen molar-refractivity contribution in [1.82, 2.24) is 0 Å². The van der Waals surface area contributed by atoms with Crippen LogP contribution in [0.1, 0.15) is 71.6 Å². The second-order valence-electron chi connectivity index (χ2n) is 11.2. The van der Waals surface area contributed by atoms with Crippen LogP contribution in [0.3, 0.4) is 0 Å². The number of halogens is 4. The molecule has 2 N–H and O–H groups in total. The third-order valence-corrected chi connectivity index (χ3v) is 8.72. The molecule has 0 bridgehead atoms. The van der Waals surface area contributed by atoms with E-state index in [9.17, 15) is 27.8 Å². The summed E-state index contributed by atoms with van der Waals surface area (Å²) < 4.78 is 53.2. The summed E-state index contributed by atoms with van der Waals surface area (Å²) in [4.78, 5) is 0. The van der Waals surface area contributed by atoms with Crippen LogP contribution >= 0.6 is 0 Å². The Morgan fingerprint density at radius 2 is 1.91 bits per heavy atom. The Balaban J connectivity index is 1.51. The molecule has 188 valence electrons. The number of aliphatic hydroxyl groups excluding tert-OH is 1. The smallest absolute Gasteiger partial charge is 0.393 e. The number of hydrogen-bond donors (Lipinski definition) is 2. The first-order chi connectivity index (χ1) is 15.8. The predicted molar refractivity (Wildman–Crippen MR) is 126 cm³/mol. The van der Waals surface area contributed by atoms with Gasteiger partial charge in [0, 0.05) is 6.42 Å². The van der Waals surface area contributed by atoms with Gasteiger partial charge in [0.05, 0.1) is 6.10 Å². The van der Waals surface area contributed by atoms with E-state index in [1.165, 1.54) is 17.2 Å². The van der Waals surface area contributed by atoms with E-state index in [0.29, 0.717) is 24.3 Å². The highest BCUT2D eigenvalue weighted by molar-refractivity contribution is 5.42. The molecule has 0 aromatic carbocycles. The van der Waals surface area contributed by atoms with Crippen LogP contribution in [0.25, 0.3) is 0 Å². The van der Waals surface area contributed by atoms with Gasteiger partial charge in [0.15, 0.2) is 5.60 Å². The van der Waals surface area contributed by atoms with E-state index in [1.807, 2.05) is 6.08 Å². The number of fused-ring (bicyclic) bond motifs is 1. The fourth-order valence-electron chi connectivity index (χ4n) is 6.42. The topological polar surface area (TPSA) is 40.5 Å². The molecule has 0 heterocycles. The molecule has 0 spiro atoms. The van der Waals surface area contributed by atoms with Gasteiger partial charge < -0.3 is 10.2 Å². The molecule has 4 aliphatic carbocycles. The number of rotatable bonds is 5. The molecule has 3 fully saturated rings. The summed E-state index contributed by atoms with van der Waals surface area (Å²) in [5, 5.41) is 19.7. The Kier molecular flexibility index (Phi) is 6.56. The highest BCUT2D eigenvalue weighted by atomic mass is 19.4. The fraction of sp³-hybridized carbons (Fsp3) is 0.643. The van der Waals surface area contributed by atoms with Gasteiger partial charge in [-0.15, -0.1) is 0 Å². The van der Waals surface area contributed by atoms with Crippen LogP contribution in [-0.2, 0) is 0 Å². The van der Waals surface area contributed by atoms with Gasteiger partial charge in [-0.2, -0.15) is 13.2 Å². The van der Waals surface area contributed by atoms with Gasteiger partial charge in [0.1, 0.15) is 6.17 Å². The Morgan fingerprint density at radius 1 is 1.21 bits per heavy atom. The molecule has 3 saturated carbocycles. The van der Waals surface area contributed by atoms with E-state index in [2.05, 4.69) is 25.7 Å². The lowest BCUT2D eigenvalue weighted by Crippen LogP contribution is -2.40. The lowest BCUT2D eigenvalue weighted by atomic mass is 9.61. The van der Waals surface area contributed by atoms with Crippen LogP contribution < -0.4 is 0 Å². The molecule has 0 aliphatic heterocycles. The van der Waals surface area contributed by atoms with E-state index in [4.69, 9.17) is 0 Å².